The van der Waals surface area contributed by atoms with Crippen LogP contribution in [0.15, 0.2) is 72.3 Å². The third-order valence-corrected chi connectivity index (χ3v) is 4.99. The van der Waals surface area contributed by atoms with Crippen LogP contribution in [-0.4, -0.2) is 5.91 Å². The van der Waals surface area contributed by atoms with Gasteiger partial charge >= 0.3 is 0 Å². The number of nitrogens with one attached hydrogen (secondary N) is 1. The lowest BCUT2D eigenvalue weighted by atomic mass is 9.98. The van der Waals surface area contributed by atoms with Crippen LogP contribution in [0.5, 0.6) is 0 Å². The fourth-order valence-corrected chi connectivity index (χ4v) is 3.33. The molecule has 3 aromatic rings. The summed E-state index contributed by atoms with van der Waals surface area (Å²) < 4.78 is 14.1. The smallest absolute Gasteiger partial charge is 0.266 e. The number of aryl methyl sites for hydroxylation is 1. The molecule has 30 heavy (non-hydrogen) atoms. The van der Waals surface area contributed by atoms with Crippen LogP contribution >= 0.6 is 11.6 Å². The number of halogens is 2. The largest absolute Gasteiger partial charge is 0.321 e. The molecule has 0 saturated carbocycles. The van der Waals surface area contributed by atoms with Crippen LogP contribution in [-0.2, 0) is 17.6 Å². The highest BCUT2D eigenvalue weighted by atomic mass is 35.5. The number of para-hydroxylation sites is 1. The standard InChI is InChI=1S/C25H20ClFN2O/c1-2-17-7-4-6-10-24(17)29-25(30)21(16-28)14-20-15-22(26)12-11-18(20)13-19-8-3-5-9-23(19)27/h3-12,14-15H,2,13H2,1H3,(H,29,30)/b21-14+. The Balaban J connectivity index is 1.93. The number of hydrogen-bond donors (Lipinski definition) is 1. The second kappa shape index (κ2) is 9.87. The maximum Gasteiger partial charge on any atom is 0.266 e. The zero-order valence-corrected chi connectivity index (χ0v) is 17.2. The van der Waals surface area contributed by atoms with Crippen molar-refractivity contribution in [1.29, 1.82) is 5.26 Å². The van der Waals surface area contributed by atoms with Crippen molar-refractivity contribution in [3.05, 3.63) is 105 Å². The molecule has 0 spiro atoms. The summed E-state index contributed by atoms with van der Waals surface area (Å²) in [6.45, 7) is 1.99. The molecule has 0 bridgehead atoms. The van der Waals surface area contributed by atoms with Gasteiger partial charge in [-0.3, -0.25) is 4.79 Å². The van der Waals surface area contributed by atoms with E-state index in [0.717, 1.165) is 17.5 Å². The van der Waals surface area contributed by atoms with E-state index in [4.69, 9.17) is 11.6 Å². The van der Waals surface area contributed by atoms with E-state index in [1.807, 2.05) is 31.2 Å². The number of hydrogen-bond acceptors (Lipinski definition) is 2. The first kappa shape index (κ1) is 21.3. The Hall–Kier alpha value is -3.42. The number of carbonyl (C=O) groups is 1. The summed E-state index contributed by atoms with van der Waals surface area (Å²) in [6, 6.07) is 21.1. The molecule has 0 saturated heterocycles. The van der Waals surface area contributed by atoms with E-state index in [-0.39, 0.29) is 11.4 Å². The molecule has 0 unspecified atom stereocenters. The molecule has 0 aromatic heterocycles. The summed E-state index contributed by atoms with van der Waals surface area (Å²) >= 11 is 6.14. The van der Waals surface area contributed by atoms with Gasteiger partial charge in [-0.2, -0.15) is 5.26 Å². The Labute approximate surface area is 180 Å². The molecule has 0 aliphatic heterocycles. The lowest BCUT2D eigenvalue weighted by molar-refractivity contribution is -0.112. The van der Waals surface area contributed by atoms with Crippen molar-refractivity contribution in [2.24, 2.45) is 0 Å². The van der Waals surface area contributed by atoms with Gasteiger partial charge in [0.1, 0.15) is 17.5 Å². The number of nitrogens with zero attached hydrogens (tertiary/aromatic N) is 1. The molecule has 0 atom stereocenters. The maximum atomic E-state index is 14.1. The van der Waals surface area contributed by atoms with E-state index < -0.39 is 5.91 Å². The van der Waals surface area contributed by atoms with Gasteiger partial charge in [0.2, 0.25) is 0 Å². The minimum atomic E-state index is -0.504. The number of nitriles is 1. The highest BCUT2D eigenvalue weighted by Crippen LogP contribution is 2.23. The number of rotatable bonds is 6. The molecule has 5 heteroatoms. The van der Waals surface area contributed by atoms with Gasteiger partial charge in [-0.15, -0.1) is 0 Å². The van der Waals surface area contributed by atoms with Crippen LogP contribution in [0, 0.1) is 17.1 Å². The fourth-order valence-electron chi connectivity index (χ4n) is 3.15. The Morgan fingerprint density at radius 3 is 2.47 bits per heavy atom. The van der Waals surface area contributed by atoms with Crippen LogP contribution in [0.25, 0.3) is 6.08 Å². The van der Waals surface area contributed by atoms with Gasteiger partial charge in [-0.05, 0) is 59.0 Å². The molecular weight excluding hydrogens is 399 g/mol. The SMILES string of the molecule is CCc1ccccc1NC(=O)/C(C#N)=C/c1cc(Cl)ccc1Cc1ccccc1F. The average Bonchev–Trinajstić information content (AvgIpc) is 2.75. The van der Waals surface area contributed by atoms with Crippen molar-refractivity contribution in [1.82, 2.24) is 0 Å². The quantitative estimate of drug-likeness (QED) is 0.384. The van der Waals surface area contributed by atoms with Crippen LogP contribution in [0.3, 0.4) is 0 Å². The number of benzene rings is 3. The van der Waals surface area contributed by atoms with Gasteiger partial charge in [0.25, 0.3) is 5.91 Å². The lowest BCUT2D eigenvalue weighted by Crippen LogP contribution is -2.14. The van der Waals surface area contributed by atoms with E-state index >= 15 is 0 Å². The predicted octanol–water partition coefficient (Wildman–Crippen LogP) is 6.18. The molecule has 1 N–H and O–H groups in total. The monoisotopic (exact) mass is 418 g/mol. The molecule has 0 fully saturated rings. The molecule has 0 radical (unpaired) electrons. The van der Waals surface area contributed by atoms with E-state index in [9.17, 15) is 14.4 Å². The number of carbonyl (C=O) groups excluding carboxylic acids is 1. The fraction of sp³-hybridized carbons (Fsp3) is 0.120. The molecule has 3 aromatic carbocycles. The van der Waals surface area contributed by atoms with Gasteiger partial charge in [-0.1, -0.05) is 61.0 Å². The summed E-state index contributed by atoms with van der Waals surface area (Å²) in [4.78, 5) is 12.7. The lowest BCUT2D eigenvalue weighted by Gasteiger charge is -2.11. The van der Waals surface area contributed by atoms with Crippen molar-refractivity contribution in [2.45, 2.75) is 19.8 Å². The van der Waals surface area contributed by atoms with Gasteiger partial charge in [0.05, 0.1) is 0 Å². The van der Waals surface area contributed by atoms with Gasteiger partial charge in [0.15, 0.2) is 0 Å². The van der Waals surface area contributed by atoms with Crippen molar-refractivity contribution in [3.63, 3.8) is 0 Å². The minimum Gasteiger partial charge on any atom is -0.321 e. The average molecular weight is 419 g/mol. The molecule has 3 nitrogen and oxygen atoms in total. The molecule has 0 aliphatic rings. The maximum absolute atomic E-state index is 14.1. The normalized spacial score (nSPS) is 11.1. The van der Waals surface area contributed by atoms with Gasteiger partial charge in [-0.25, -0.2) is 4.39 Å². The van der Waals surface area contributed by atoms with Crippen LogP contribution in [0.1, 0.15) is 29.2 Å². The van der Waals surface area contributed by atoms with Crippen molar-refractivity contribution < 1.29 is 9.18 Å². The van der Waals surface area contributed by atoms with Crippen LogP contribution in [0.4, 0.5) is 10.1 Å². The van der Waals surface area contributed by atoms with Gasteiger partial charge < -0.3 is 5.32 Å². The molecule has 150 valence electrons. The molecular formula is C25H20ClFN2O. The molecule has 1 amide bonds. The Bertz CT molecular complexity index is 1150. The summed E-state index contributed by atoms with van der Waals surface area (Å²) in [6.07, 6.45) is 2.56. The third kappa shape index (κ3) is 5.14. The van der Waals surface area contributed by atoms with E-state index in [2.05, 4.69) is 5.32 Å². The Morgan fingerprint density at radius 1 is 1.07 bits per heavy atom. The predicted molar refractivity (Wildman–Crippen MR) is 119 cm³/mol. The summed E-state index contributed by atoms with van der Waals surface area (Å²) in [7, 11) is 0. The molecule has 0 heterocycles. The minimum absolute atomic E-state index is 0.0574. The van der Waals surface area contributed by atoms with E-state index in [1.165, 1.54) is 12.1 Å². The van der Waals surface area contributed by atoms with Crippen LogP contribution < -0.4 is 5.32 Å². The highest BCUT2D eigenvalue weighted by molar-refractivity contribution is 6.30. The van der Waals surface area contributed by atoms with Crippen molar-refractivity contribution in [2.75, 3.05) is 5.32 Å². The number of amides is 1. The van der Waals surface area contributed by atoms with Crippen molar-refractivity contribution in [3.8, 4) is 6.07 Å². The zero-order chi connectivity index (χ0) is 21.5. The van der Waals surface area contributed by atoms with E-state index in [0.29, 0.717) is 28.3 Å². The third-order valence-electron chi connectivity index (χ3n) is 4.76. The first-order valence-electron chi connectivity index (χ1n) is 9.54. The topological polar surface area (TPSA) is 52.9 Å². The van der Waals surface area contributed by atoms with Crippen molar-refractivity contribution >= 4 is 29.3 Å². The first-order valence-corrected chi connectivity index (χ1v) is 9.92. The summed E-state index contributed by atoms with van der Waals surface area (Å²) in [5.41, 5.74) is 3.47. The number of anilines is 1. The zero-order valence-electron chi connectivity index (χ0n) is 16.5. The Morgan fingerprint density at radius 2 is 1.77 bits per heavy atom. The van der Waals surface area contributed by atoms with Gasteiger partial charge in [0, 0.05) is 17.1 Å². The second-order valence-corrected chi connectivity index (χ2v) is 7.18. The second-order valence-electron chi connectivity index (χ2n) is 6.75. The Kier molecular flexibility index (Phi) is 7.00. The highest BCUT2D eigenvalue weighted by Gasteiger charge is 2.13. The first-order chi connectivity index (χ1) is 14.5. The van der Waals surface area contributed by atoms with Crippen LogP contribution in [0.2, 0.25) is 5.02 Å². The molecule has 0 aliphatic carbocycles. The summed E-state index contributed by atoms with van der Waals surface area (Å²) in [5, 5.41) is 12.9. The van der Waals surface area contributed by atoms with E-state index in [1.54, 1.807) is 42.5 Å². The summed E-state index contributed by atoms with van der Waals surface area (Å²) in [5.74, 6) is -0.813. The molecule has 3 rings (SSSR count).